The quantitative estimate of drug-likeness (QED) is 0.801. The van der Waals surface area contributed by atoms with E-state index in [0.717, 1.165) is 32.5 Å². The molecule has 0 atom stereocenters. The van der Waals surface area contributed by atoms with Gasteiger partial charge in [-0.05, 0) is 32.3 Å². The minimum Gasteiger partial charge on any atom is -0.483 e. The van der Waals surface area contributed by atoms with E-state index in [1.165, 1.54) is 7.11 Å². The van der Waals surface area contributed by atoms with Crippen LogP contribution in [0.15, 0.2) is 12.5 Å². The Kier molecular flexibility index (Phi) is 23.5. The van der Waals surface area contributed by atoms with E-state index >= 15 is 0 Å². The first kappa shape index (κ1) is 23.1. The number of hydrogen-bond acceptors (Lipinski definition) is 4. The van der Waals surface area contributed by atoms with Crippen molar-refractivity contribution in [3.8, 4) is 0 Å². The van der Waals surface area contributed by atoms with E-state index in [2.05, 4.69) is 11.3 Å². The minimum absolute atomic E-state index is 0.255. The highest BCUT2D eigenvalue weighted by atomic mass is 16.5. The van der Waals surface area contributed by atoms with Crippen LogP contribution in [-0.2, 0) is 14.3 Å². The van der Waals surface area contributed by atoms with Gasteiger partial charge in [-0.25, -0.2) is 0 Å². The Balaban J connectivity index is -0.000000242. The van der Waals surface area contributed by atoms with Gasteiger partial charge in [-0.15, -0.1) is 0 Å². The van der Waals surface area contributed by atoms with Crippen molar-refractivity contribution in [1.82, 2.24) is 0 Å². The zero-order valence-corrected chi connectivity index (χ0v) is 13.6. The molecule has 0 bridgehead atoms. The van der Waals surface area contributed by atoms with E-state index in [1.54, 1.807) is 6.92 Å². The summed E-state index contributed by atoms with van der Waals surface area (Å²) in [5.41, 5.74) is 4.88. The predicted molar refractivity (Wildman–Crippen MR) is 81.9 cm³/mol. The smallest absolute Gasteiger partial charge is 0.176 e. The van der Waals surface area contributed by atoms with Crippen molar-refractivity contribution in [2.75, 3.05) is 20.3 Å². The van der Waals surface area contributed by atoms with Crippen LogP contribution in [0.1, 0.15) is 53.9 Å². The summed E-state index contributed by atoms with van der Waals surface area (Å²) in [6.45, 7) is 14.6. The summed E-state index contributed by atoms with van der Waals surface area (Å²) in [6.07, 6.45) is 2.89. The minimum atomic E-state index is 0.255. The van der Waals surface area contributed by atoms with E-state index in [9.17, 15) is 4.79 Å². The molecule has 0 amide bonds. The standard InChI is InChI=1S/C8H14O2.C3H7NO.2C2H6/c1-7(9)6-8-2-4-10-5-3-8;1-3(4)5-2;2*1-2/h8H,2-6H2,1H3;1,4H2,2H3;2*1-2H3. The molecule has 1 aliphatic heterocycles. The van der Waals surface area contributed by atoms with Gasteiger partial charge in [0.05, 0.1) is 7.11 Å². The second-order valence-corrected chi connectivity index (χ2v) is 3.63. The van der Waals surface area contributed by atoms with E-state index in [-0.39, 0.29) is 5.88 Å². The molecule has 0 aromatic heterocycles. The molecule has 4 heteroatoms. The van der Waals surface area contributed by atoms with Crippen LogP contribution in [0.25, 0.3) is 0 Å². The van der Waals surface area contributed by atoms with Crippen molar-refractivity contribution in [2.24, 2.45) is 11.7 Å². The maximum absolute atomic E-state index is 10.7. The van der Waals surface area contributed by atoms with Gasteiger partial charge in [0.25, 0.3) is 0 Å². The zero-order valence-electron chi connectivity index (χ0n) is 13.6. The molecule has 2 N–H and O–H groups in total. The lowest BCUT2D eigenvalue weighted by molar-refractivity contribution is -0.118. The van der Waals surface area contributed by atoms with Crippen LogP contribution in [0, 0.1) is 5.92 Å². The fraction of sp³-hybridized carbons (Fsp3) is 0.800. The Hall–Kier alpha value is -1.03. The summed E-state index contributed by atoms with van der Waals surface area (Å²) < 4.78 is 9.50. The summed E-state index contributed by atoms with van der Waals surface area (Å²) in [6, 6.07) is 0. The van der Waals surface area contributed by atoms with E-state index in [1.807, 2.05) is 27.7 Å². The first-order valence-electron chi connectivity index (χ1n) is 7.11. The Morgan fingerprint density at radius 3 is 1.89 bits per heavy atom. The van der Waals surface area contributed by atoms with Gasteiger partial charge in [-0.1, -0.05) is 27.7 Å². The van der Waals surface area contributed by atoms with Crippen molar-refractivity contribution in [2.45, 2.75) is 53.9 Å². The molecule has 1 rings (SSSR count). The summed E-state index contributed by atoms with van der Waals surface area (Å²) in [5.74, 6) is 1.17. The Morgan fingerprint density at radius 1 is 1.26 bits per heavy atom. The normalized spacial score (nSPS) is 13.4. The summed E-state index contributed by atoms with van der Waals surface area (Å²) in [4.78, 5) is 10.7. The largest absolute Gasteiger partial charge is 0.483 e. The molecular weight excluding hydrogens is 242 g/mol. The molecule has 1 fully saturated rings. The first-order chi connectivity index (χ1) is 9.06. The molecule has 0 saturated carbocycles. The molecule has 0 spiro atoms. The molecule has 0 aromatic rings. The number of Topliss-reactive ketones (excluding diaryl/α,β-unsaturated/α-hetero) is 1. The Bertz CT molecular complexity index is 200. The number of rotatable bonds is 3. The van der Waals surface area contributed by atoms with Gasteiger partial charge < -0.3 is 20.0 Å². The van der Waals surface area contributed by atoms with Crippen LogP contribution in [0.3, 0.4) is 0 Å². The average molecular weight is 275 g/mol. The van der Waals surface area contributed by atoms with Crippen molar-refractivity contribution >= 4 is 5.78 Å². The molecule has 1 saturated heterocycles. The fourth-order valence-electron chi connectivity index (χ4n) is 1.36. The second kappa shape index (κ2) is 19.3. The first-order valence-corrected chi connectivity index (χ1v) is 7.11. The van der Waals surface area contributed by atoms with Gasteiger partial charge in [-0.2, -0.15) is 0 Å². The van der Waals surface area contributed by atoms with Gasteiger partial charge in [-0.3, -0.25) is 0 Å². The molecule has 1 aliphatic rings. The number of methoxy groups -OCH3 is 1. The van der Waals surface area contributed by atoms with Crippen LogP contribution < -0.4 is 5.73 Å². The molecule has 0 radical (unpaired) electrons. The number of carbonyl (C=O) groups excluding carboxylic acids is 1. The van der Waals surface area contributed by atoms with E-state index in [0.29, 0.717) is 11.7 Å². The third kappa shape index (κ3) is 22.6. The predicted octanol–water partition coefficient (Wildman–Crippen LogP) is 3.51. The molecule has 4 nitrogen and oxygen atoms in total. The molecule has 1 heterocycles. The Morgan fingerprint density at radius 2 is 1.63 bits per heavy atom. The third-order valence-electron chi connectivity index (χ3n) is 2.18. The number of hydrogen-bond donors (Lipinski definition) is 1. The lowest BCUT2D eigenvalue weighted by atomic mass is 9.95. The van der Waals surface area contributed by atoms with Crippen LogP contribution in [0.5, 0.6) is 0 Å². The zero-order chi connectivity index (χ0) is 15.7. The van der Waals surface area contributed by atoms with Crippen LogP contribution >= 0.6 is 0 Å². The molecular formula is C15H33NO3. The molecule has 19 heavy (non-hydrogen) atoms. The molecule has 116 valence electrons. The van der Waals surface area contributed by atoms with Gasteiger partial charge in [0.15, 0.2) is 5.88 Å². The number of ether oxygens (including phenoxy) is 2. The SMILES string of the molecule is C=C(N)OC.CC.CC.CC(=O)CC1CCOCC1. The summed E-state index contributed by atoms with van der Waals surface area (Å²) in [7, 11) is 1.47. The monoisotopic (exact) mass is 275 g/mol. The third-order valence-corrected chi connectivity index (χ3v) is 2.18. The van der Waals surface area contributed by atoms with Gasteiger partial charge >= 0.3 is 0 Å². The van der Waals surface area contributed by atoms with Crippen LogP contribution in [-0.4, -0.2) is 26.1 Å². The van der Waals surface area contributed by atoms with Crippen LogP contribution in [0.4, 0.5) is 0 Å². The summed E-state index contributed by atoms with van der Waals surface area (Å²) >= 11 is 0. The van der Waals surface area contributed by atoms with Gasteiger partial charge in [0.1, 0.15) is 5.78 Å². The summed E-state index contributed by atoms with van der Waals surface area (Å²) in [5, 5.41) is 0. The second-order valence-electron chi connectivity index (χ2n) is 3.63. The van der Waals surface area contributed by atoms with Crippen molar-refractivity contribution in [3.63, 3.8) is 0 Å². The Labute approximate surface area is 119 Å². The number of nitrogens with two attached hydrogens (primary N) is 1. The average Bonchev–Trinajstić information content (AvgIpc) is 2.44. The number of ketones is 1. The van der Waals surface area contributed by atoms with Crippen LogP contribution in [0.2, 0.25) is 0 Å². The maximum atomic E-state index is 10.7. The van der Waals surface area contributed by atoms with Crippen molar-refractivity contribution in [3.05, 3.63) is 12.5 Å². The lowest BCUT2D eigenvalue weighted by Gasteiger charge is -2.20. The highest BCUT2D eigenvalue weighted by Crippen LogP contribution is 2.18. The highest BCUT2D eigenvalue weighted by Gasteiger charge is 2.14. The lowest BCUT2D eigenvalue weighted by Crippen LogP contribution is -2.17. The van der Waals surface area contributed by atoms with Gasteiger partial charge in [0, 0.05) is 19.6 Å². The van der Waals surface area contributed by atoms with Crippen molar-refractivity contribution in [1.29, 1.82) is 0 Å². The highest BCUT2D eigenvalue weighted by molar-refractivity contribution is 5.75. The fourth-order valence-corrected chi connectivity index (χ4v) is 1.36. The topological polar surface area (TPSA) is 61.5 Å². The molecule has 0 unspecified atom stereocenters. The van der Waals surface area contributed by atoms with E-state index < -0.39 is 0 Å². The van der Waals surface area contributed by atoms with Gasteiger partial charge in [0.2, 0.25) is 0 Å². The van der Waals surface area contributed by atoms with E-state index in [4.69, 9.17) is 10.5 Å². The number of carbonyl (C=O) groups is 1. The molecule has 0 aliphatic carbocycles. The molecule has 0 aromatic carbocycles. The maximum Gasteiger partial charge on any atom is 0.176 e. The van der Waals surface area contributed by atoms with Crippen molar-refractivity contribution < 1.29 is 14.3 Å².